The summed E-state index contributed by atoms with van der Waals surface area (Å²) < 4.78 is 10.8. The van der Waals surface area contributed by atoms with Gasteiger partial charge in [-0.25, -0.2) is 4.79 Å². The van der Waals surface area contributed by atoms with Crippen LogP contribution in [0, 0.1) is 5.92 Å². The summed E-state index contributed by atoms with van der Waals surface area (Å²) in [6.45, 7) is 2.00. The number of halogens is 1. The average Bonchev–Trinajstić information content (AvgIpc) is 3.55. The van der Waals surface area contributed by atoms with E-state index in [1.165, 1.54) is 4.90 Å². The van der Waals surface area contributed by atoms with E-state index in [1.54, 1.807) is 13.2 Å². The molecule has 1 saturated heterocycles. The fourth-order valence-electron chi connectivity index (χ4n) is 3.82. The van der Waals surface area contributed by atoms with Gasteiger partial charge in [0.05, 0.1) is 17.5 Å². The van der Waals surface area contributed by atoms with Crippen molar-refractivity contribution in [2.75, 3.05) is 33.4 Å². The van der Waals surface area contributed by atoms with Crippen LogP contribution in [0.3, 0.4) is 0 Å². The maximum absolute atomic E-state index is 13.3. The molecule has 1 heterocycles. The first kappa shape index (κ1) is 22.7. The zero-order valence-corrected chi connectivity index (χ0v) is 18.0. The van der Waals surface area contributed by atoms with E-state index >= 15 is 0 Å². The minimum absolute atomic E-state index is 0.0311. The lowest BCUT2D eigenvalue weighted by atomic mass is 9.93. The number of nitrogens with zero attached hydrogens (tertiary/aromatic N) is 2. The summed E-state index contributed by atoms with van der Waals surface area (Å²) in [6, 6.07) is 5.40. The first-order valence-electron chi connectivity index (χ1n) is 10.3. The fourth-order valence-corrected chi connectivity index (χ4v) is 3.99. The molecule has 2 aliphatic rings. The van der Waals surface area contributed by atoms with Gasteiger partial charge >= 0.3 is 6.09 Å². The van der Waals surface area contributed by atoms with Crippen molar-refractivity contribution in [3.63, 3.8) is 0 Å². The smallest absolute Gasteiger partial charge is 0.407 e. The molecule has 0 spiro atoms. The number of hydrogen-bond acceptors (Lipinski definition) is 5. The van der Waals surface area contributed by atoms with Crippen molar-refractivity contribution in [2.24, 2.45) is 11.7 Å². The van der Waals surface area contributed by atoms with Crippen LogP contribution in [0.5, 0.6) is 5.75 Å². The Bertz CT molecular complexity index is 758. The summed E-state index contributed by atoms with van der Waals surface area (Å²) in [7, 11) is 1.64. The van der Waals surface area contributed by atoms with Crippen molar-refractivity contribution in [2.45, 2.75) is 44.3 Å². The molecule has 1 aromatic rings. The van der Waals surface area contributed by atoms with E-state index < -0.39 is 12.0 Å². The SMILES string of the molecule is COCCCOc1cc(CN(C(=O)[C@H]2C[C@@H](N)CN(C(=O)O)C2)C2CC2)ccc1Cl. The molecule has 0 aromatic heterocycles. The van der Waals surface area contributed by atoms with Crippen LogP contribution >= 0.6 is 11.6 Å². The molecule has 1 saturated carbocycles. The molecule has 1 aliphatic heterocycles. The summed E-state index contributed by atoms with van der Waals surface area (Å²) in [5, 5.41) is 9.85. The van der Waals surface area contributed by atoms with Gasteiger partial charge in [-0.05, 0) is 37.0 Å². The van der Waals surface area contributed by atoms with Gasteiger partial charge in [-0.2, -0.15) is 0 Å². The van der Waals surface area contributed by atoms with Gasteiger partial charge in [-0.3, -0.25) is 4.79 Å². The third-order valence-electron chi connectivity index (χ3n) is 5.47. The number of carboxylic acid groups (broad SMARTS) is 1. The highest BCUT2D eigenvalue weighted by molar-refractivity contribution is 6.32. The standard InChI is InChI=1S/C21H30ClN3O5/c1-29-7-2-8-30-19-9-14(3-6-18(19)22)11-25(17-4-5-17)20(26)15-10-16(23)13-24(12-15)21(27)28/h3,6,9,15-17H,2,4-5,7-8,10-13,23H2,1H3,(H,27,28)/t15-,16+/m0/s1. The number of hydrogen-bond donors (Lipinski definition) is 2. The molecule has 0 radical (unpaired) electrons. The molecule has 0 bridgehead atoms. The number of carbonyl (C=O) groups excluding carboxylic acids is 1. The molecule has 1 aliphatic carbocycles. The predicted octanol–water partition coefficient (Wildman–Crippen LogP) is 2.57. The number of nitrogens with two attached hydrogens (primary N) is 1. The Labute approximate surface area is 181 Å². The molecular weight excluding hydrogens is 410 g/mol. The number of methoxy groups -OCH3 is 1. The van der Waals surface area contributed by atoms with Crippen molar-refractivity contribution in [1.29, 1.82) is 0 Å². The third kappa shape index (κ3) is 6.00. The number of rotatable bonds is 9. The summed E-state index contributed by atoms with van der Waals surface area (Å²) >= 11 is 6.25. The molecule has 1 aromatic carbocycles. The molecular formula is C21H30ClN3O5. The van der Waals surface area contributed by atoms with Crippen LogP contribution in [0.2, 0.25) is 5.02 Å². The summed E-state index contributed by atoms with van der Waals surface area (Å²) in [5.41, 5.74) is 6.95. The van der Waals surface area contributed by atoms with Gasteiger partial charge in [-0.15, -0.1) is 0 Å². The Hall–Kier alpha value is -2.03. The Morgan fingerprint density at radius 1 is 1.30 bits per heavy atom. The number of carbonyl (C=O) groups is 2. The molecule has 8 nitrogen and oxygen atoms in total. The van der Waals surface area contributed by atoms with Crippen LogP contribution in [-0.4, -0.2) is 72.4 Å². The van der Waals surface area contributed by atoms with Crippen LogP contribution in [-0.2, 0) is 16.1 Å². The lowest BCUT2D eigenvalue weighted by Crippen LogP contribution is -2.53. The zero-order valence-electron chi connectivity index (χ0n) is 17.3. The number of amides is 2. The molecule has 2 atom stereocenters. The normalized spacial score (nSPS) is 21.4. The van der Waals surface area contributed by atoms with Crippen molar-refractivity contribution < 1.29 is 24.2 Å². The molecule has 3 N–H and O–H groups in total. The topological polar surface area (TPSA) is 105 Å². The number of likely N-dealkylation sites (tertiary alicyclic amines) is 1. The summed E-state index contributed by atoms with van der Waals surface area (Å²) in [5.74, 6) is 0.143. The second-order valence-electron chi connectivity index (χ2n) is 8.04. The van der Waals surface area contributed by atoms with Crippen LogP contribution in [0.15, 0.2) is 18.2 Å². The van der Waals surface area contributed by atoms with Crippen LogP contribution < -0.4 is 10.5 Å². The number of ether oxygens (including phenoxy) is 2. The molecule has 2 fully saturated rings. The first-order valence-corrected chi connectivity index (χ1v) is 10.7. The largest absolute Gasteiger partial charge is 0.492 e. The Morgan fingerprint density at radius 3 is 2.73 bits per heavy atom. The van der Waals surface area contributed by atoms with Gasteiger partial charge < -0.3 is 30.1 Å². The molecule has 30 heavy (non-hydrogen) atoms. The molecule has 2 amide bonds. The minimum atomic E-state index is -1.03. The fraction of sp³-hybridized carbons (Fsp3) is 0.619. The van der Waals surface area contributed by atoms with E-state index in [2.05, 4.69) is 0 Å². The van der Waals surface area contributed by atoms with Crippen LogP contribution in [0.25, 0.3) is 0 Å². The van der Waals surface area contributed by atoms with Crippen LogP contribution in [0.1, 0.15) is 31.2 Å². The second kappa shape index (κ2) is 10.3. The third-order valence-corrected chi connectivity index (χ3v) is 5.78. The van der Waals surface area contributed by atoms with E-state index in [4.69, 9.17) is 26.8 Å². The lowest BCUT2D eigenvalue weighted by molar-refractivity contribution is -0.138. The average molecular weight is 440 g/mol. The summed E-state index contributed by atoms with van der Waals surface area (Å²) in [6.07, 6.45) is 2.14. The second-order valence-corrected chi connectivity index (χ2v) is 8.44. The van der Waals surface area contributed by atoms with E-state index in [0.29, 0.717) is 37.0 Å². The molecule has 9 heteroatoms. The van der Waals surface area contributed by atoms with Crippen molar-refractivity contribution in [1.82, 2.24) is 9.80 Å². The highest BCUT2D eigenvalue weighted by atomic mass is 35.5. The van der Waals surface area contributed by atoms with E-state index in [1.807, 2.05) is 17.0 Å². The van der Waals surface area contributed by atoms with Gasteiger partial charge in [0, 0.05) is 51.9 Å². The highest BCUT2D eigenvalue weighted by Gasteiger charge is 2.39. The van der Waals surface area contributed by atoms with Crippen molar-refractivity contribution >= 4 is 23.6 Å². The Morgan fingerprint density at radius 2 is 2.07 bits per heavy atom. The van der Waals surface area contributed by atoms with E-state index in [9.17, 15) is 14.7 Å². The zero-order chi connectivity index (χ0) is 21.7. The number of piperidine rings is 1. The lowest BCUT2D eigenvalue weighted by Gasteiger charge is -2.36. The maximum Gasteiger partial charge on any atom is 0.407 e. The molecule has 0 unspecified atom stereocenters. The van der Waals surface area contributed by atoms with Gasteiger partial charge in [0.1, 0.15) is 5.75 Å². The van der Waals surface area contributed by atoms with E-state index in [-0.39, 0.29) is 31.1 Å². The van der Waals surface area contributed by atoms with Gasteiger partial charge in [-0.1, -0.05) is 17.7 Å². The Balaban J connectivity index is 1.68. The van der Waals surface area contributed by atoms with E-state index in [0.717, 1.165) is 24.8 Å². The van der Waals surface area contributed by atoms with Crippen LogP contribution in [0.4, 0.5) is 4.79 Å². The quantitative estimate of drug-likeness (QED) is 0.573. The molecule has 166 valence electrons. The van der Waals surface area contributed by atoms with Gasteiger partial charge in [0.2, 0.25) is 5.91 Å². The number of benzene rings is 1. The molecule has 3 rings (SSSR count). The first-order chi connectivity index (χ1) is 14.4. The Kier molecular flexibility index (Phi) is 7.80. The highest BCUT2D eigenvalue weighted by Crippen LogP contribution is 2.33. The van der Waals surface area contributed by atoms with Gasteiger partial charge in [0.15, 0.2) is 0 Å². The van der Waals surface area contributed by atoms with Crippen molar-refractivity contribution in [3.05, 3.63) is 28.8 Å². The monoisotopic (exact) mass is 439 g/mol. The van der Waals surface area contributed by atoms with Gasteiger partial charge in [0.25, 0.3) is 0 Å². The van der Waals surface area contributed by atoms with Crippen molar-refractivity contribution in [3.8, 4) is 5.75 Å². The maximum atomic E-state index is 13.3. The minimum Gasteiger partial charge on any atom is -0.492 e. The summed E-state index contributed by atoms with van der Waals surface area (Å²) in [4.78, 5) is 27.8. The predicted molar refractivity (Wildman–Crippen MR) is 113 cm³/mol.